The summed E-state index contributed by atoms with van der Waals surface area (Å²) in [5, 5.41) is 10.2. The summed E-state index contributed by atoms with van der Waals surface area (Å²) >= 11 is 1.18. The molecule has 9 heteroatoms. The summed E-state index contributed by atoms with van der Waals surface area (Å²) in [6.07, 6.45) is -3.04. The van der Waals surface area contributed by atoms with Gasteiger partial charge in [0.05, 0.1) is 12.5 Å². The molecule has 0 bridgehead atoms. The Kier molecular flexibility index (Phi) is 4.35. The molecular formula is C10H13F3N4OS. The molecule has 1 aromatic rings. The lowest BCUT2D eigenvalue weighted by Crippen LogP contribution is -2.44. The summed E-state index contributed by atoms with van der Waals surface area (Å²) in [5.74, 6) is -0.719. The Hall–Kier alpha value is -1.22. The van der Waals surface area contributed by atoms with E-state index in [0.29, 0.717) is 24.5 Å². The van der Waals surface area contributed by atoms with Crippen molar-refractivity contribution in [1.29, 1.82) is 0 Å². The van der Waals surface area contributed by atoms with Crippen molar-refractivity contribution in [3.05, 3.63) is 5.51 Å². The maximum atomic E-state index is 12.3. The minimum atomic E-state index is -4.22. The van der Waals surface area contributed by atoms with Crippen LogP contribution in [0.5, 0.6) is 0 Å². The number of anilines is 1. The molecule has 1 saturated heterocycles. The monoisotopic (exact) mass is 294 g/mol. The van der Waals surface area contributed by atoms with E-state index in [4.69, 9.17) is 0 Å². The predicted molar refractivity (Wildman–Crippen MR) is 63.8 cm³/mol. The van der Waals surface area contributed by atoms with E-state index in [0.717, 1.165) is 0 Å². The van der Waals surface area contributed by atoms with E-state index in [-0.39, 0.29) is 12.5 Å². The number of hydrogen-bond donors (Lipinski definition) is 1. The molecule has 1 aromatic heterocycles. The molecule has 106 valence electrons. The molecule has 2 rings (SSSR count). The third kappa shape index (κ3) is 4.43. The van der Waals surface area contributed by atoms with Crippen molar-refractivity contribution >= 4 is 22.4 Å². The Balaban J connectivity index is 1.88. The van der Waals surface area contributed by atoms with Gasteiger partial charge in [0.2, 0.25) is 11.0 Å². The van der Waals surface area contributed by atoms with Crippen molar-refractivity contribution in [2.45, 2.75) is 19.0 Å². The van der Waals surface area contributed by atoms with Gasteiger partial charge in [0.25, 0.3) is 0 Å². The molecule has 0 aliphatic carbocycles. The van der Waals surface area contributed by atoms with Crippen molar-refractivity contribution in [3.63, 3.8) is 0 Å². The van der Waals surface area contributed by atoms with E-state index in [1.165, 1.54) is 21.7 Å². The molecule has 1 aliphatic rings. The molecule has 2 heterocycles. The Morgan fingerprint density at radius 1 is 1.58 bits per heavy atom. The maximum absolute atomic E-state index is 12.3. The first kappa shape index (κ1) is 14.2. The Morgan fingerprint density at radius 2 is 2.37 bits per heavy atom. The van der Waals surface area contributed by atoms with Gasteiger partial charge in [-0.2, -0.15) is 13.2 Å². The van der Waals surface area contributed by atoms with E-state index in [1.807, 2.05) is 0 Å². The molecule has 5 nitrogen and oxygen atoms in total. The topological polar surface area (TPSA) is 58.1 Å². The molecule has 0 radical (unpaired) electrons. The number of carbonyl (C=O) groups excluding carboxylic acids is 1. The molecule has 0 saturated carbocycles. The predicted octanol–water partition coefficient (Wildman–Crippen LogP) is 1.75. The first-order valence-electron chi connectivity index (χ1n) is 5.80. The van der Waals surface area contributed by atoms with Gasteiger partial charge in [0.15, 0.2) is 0 Å². The quantitative estimate of drug-likeness (QED) is 0.922. The lowest BCUT2D eigenvalue weighted by molar-refractivity contribution is -0.151. The van der Waals surface area contributed by atoms with E-state index in [1.54, 1.807) is 0 Å². The fraction of sp³-hybridized carbons (Fsp3) is 0.700. The molecule has 1 amide bonds. The fourth-order valence-electron chi connectivity index (χ4n) is 2.10. The number of piperidine rings is 1. The van der Waals surface area contributed by atoms with Crippen molar-refractivity contribution in [3.8, 4) is 0 Å². The van der Waals surface area contributed by atoms with Crippen LogP contribution in [-0.4, -0.2) is 46.8 Å². The average molecular weight is 294 g/mol. The Labute approximate surface area is 111 Å². The zero-order valence-corrected chi connectivity index (χ0v) is 10.8. The molecule has 1 unspecified atom stereocenters. The molecular weight excluding hydrogens is 281 g/mol. The SMILES string of the molecule is O=C(Nc1nncs1)C1CCCN(CC(F)(F)F)C1. The maximum Gasteiger partial charge on any atom is 0.401 e. The number of nitrogens with zero attached hydrogens (tertiary/aromatic N) is 3. The molecule has 0 spiro atoms. The van der Waals surface area contributed by atoms with Gasteiger partial charge in [-0.3, -0.25) is 9.69 Å². The molecule has 1 aliphatic heterocycles. The van der Waals surface area contributed by atoms with Crippen LogP contribution in [0.1, 0.15) is 12.8 Å². The van der Waals surface area contributed by atoms with E-state index in [9.17, 15) is 18.0 Å². The minimum absolute atomic E-state index is 0.129. The first-order valence-corrected chi connectivity index (χ1v) is 6.68. The number of amides is 1. The van der Waals surface area contributed by atoms with E-state index >= 15 is 0 Å². The smallest absolute Gasteiger partial charge is 0.300 e. The van der Waals surface area contributed by atoms with Crippen LogP contribution < -0.4 is 5.32 Å². The van der Waals surface area contributed by atoms with E-state index < -0.39 is 18.6 Å². The van der Waals surface area contributed by atoms with Gasteiger partial charge in [-0.1, -0.05) is 11.3 Å². The highest BCUT2D eigenvalue weighted by molar-refractivity contribution is 7.13. The minimum Gasteiger partial charge on any atom is -0.300 e. The van der Waals surface area contributed by atoms with Crippen LogP contribution in [0.3, 0.4) is 0 Å². The zero-order chi connectivity index (χ0) is 13.9. The van der Waals surface area contributed by atoms with Gasteiger partial charge >= 0.3 is 6.18 Å². The van der Waals surface area contributed by atoms with E-state index in [2.05, 4.69) is 15.5 Å². The van der Waals surface area contributed by atoms with Gasteiger partial charge in [-0.05, 0) is 19.4 Å². The van der Waals surface area contributed by atoms with Crippen molar-refractivity contribution < 1.29 is 18.0 Å². The highest BCUT2D eigenvalue weighted by atomic mass is 32.1. The normalized spacial score (nSPS) is 21.3. The van der Waals surface area contributed by atoms with Crippen LogP contribution >= 0.6 is 11.3 Å². The van der Waals surface area contributed by atoms with Crippen LogP contribution in [0.4, 0.5) is 18.3 Å². The Bertz CT molecular complexity index is 423. The fourth-order valence-corrected chi connectivity index (χ4v) is 2.55. The molecule has 1 atom stereocenters. The second kappa shape index (κ2) is 5.83. The van der Waals surface area contributed by atoms with Crippen LogP contribution in [-0.2, 0) is 4.79 Å². The largest absolute Gasteiger partial charge is 0.401 e. The van der Waals surface area contributed by atoms with Gasteiger partial charge < -0.3 is 5.32 Å². The zero-order valence-electron chi connectivity index (χ0n) is 9.98. The standard InChI is InChI=1S/C10H13F3N4OS/c11-10(12,13)5-17-3-1-2-7(4-17)8(18)15-9-16-14-6-19-9/h6-7H,1-5H2,(H,15,16,18). The highest BCUT2D eigenvalue weighted by Crippen LogP contribution is 2.23. The number of aromatic nitrogens is 2. The number of nitrogens with one attached hydrogen (secondary N) is 1. The second-order valence-electron chi connectivity index (χ2n) is 4.42. The van der Waals surface area contributed by atoms with Crippen LogP contribution in [0.25, 0.3) is 0 Å². The van der Waals surface area contributed by atoms with Crippen LogP contribution in [0.2, 0.25) is 0 Å². The summed E-state index contributed by atoms with van der Waals surface area (Å²) in [7, 11) is 0. The summed E-state index contributed by atoms with van der Waals surface area (Å²) < 4.78 is 36.9. The molecule has 19 heavy (non-hydrogen) atoms. The third-order valence-electron chi connectivity index (χ3n) is 2.87. The summed E-state index contributed by atoms with van der Waals surface area (Å²) in [5.41, 5.74) is 1.48. The number of rotatable bonds is 3. The van der Waals surface area contributed by atoms with Crippen LogP contribution in [0.15, 0.2) is 5.51 Å². The van der Waals surface area contributed by atoms with Crippen molar-refractivity contribution in [2.75, 3.05) is 25.0 Å². The van der Waals surface area contributed by atoms with Crippen LogP contribution in [0, 0.1) is 5.92 Å². The molecule has 1 fully saturated rings. The number of alkyl halides is 3. The average Bonchev–Trinajstić information content (AvgIpc) is 2.80. The van der Waals surface area contributed by atoms with Gasteiger partial charge in [-0.15, -0.1) is 10.2 Å². The Morgan fingerprint density at radius 3 is 3.00 bits per heavy atom. The molecule has 1 N–H and O–H groups in total. The molecule has 0 aromatic carbocycles. The number of hydrogen-bond acceptors (Lipinski definition) is 5. The number of carbonyl (C=O) groups is 1. The number of likely N-dealkylation sites (tertiary alicyclic amines) is 1. The van der Waals surface area contributed by atoms with Gasteiger partial charge in [0, 0.05) is 6.54 Å². The van der Waals surface area contributed by atoms with Crippen molar-refractivity contribution in [2.24, 2.45) is 5.92 Å². The first-order chi connectivity index (χ1) is 8.94. The summed E-state index contributed by atoms with van der Waals surface area (Å²) in [6, 6.07) is 0. The highest BCUT2D eigenvalue weighted by Gasteiger charge is 2.34. The third-order valence-corrected chi connectivity index (χ3v) is 3.48. The van der Waals surface area contributed by atoms with Crippen molar-refractivity contribution in [1.82, 2.24) is 15.1 Å². The lowest BCUT2D eigenvalue weighted by atomic mass is 9.97. The van der Waals surface area contributed by atoms with Gasteiger partial charge in [0.1, 0.15) is 5.51 Å². The lowest BCUT2D eigenvalue weighted by Gasteiger charge is -2.32. The number of halogens is 3. The summed E-state index contributed by atoms with van der Waals surface area (Å²) in [6.45, 7) is -0.457. The second-order valence-corrected chi connectivity index (χ2v) is 5.26. The summed E-state index contributed by atoms with van der Waals surface area (Å²) in [4.78, 5) is 13.2. The van der Waals surface area contributed by atoms with Gasteiger partial charge in [-0.25, -0.2) is 0 Å².